The van der Waals surface area contributed by atoms with Crippen molar-refractivity contribution in [3.8, 4) is 0 Å². The van der Waals surface area contributed by atoms with Crippen LogP contribution in [0.25, 0.3) is 0 Å². The van der Waals surface area contributed by atoms with Crippen molar-refractivity contribution in [1.29, 1.82) is 0 Å². The molecule has 100 valence electrons. The van der Waals surface area contributed by atoms with E-state index in [4.69, 9.17) is 0 Å². The first-order valence-corrected chi connectivity index (χ1v) is 7.66. The highest BCUT2D eigenvalue weighted by molar-refractivity contribution is 8.14. The maximum absolute atomic E-state index is 11.8. The molecule has 0 spiro atoms. The number of carbonyl (C=O) groups excluding carboxylic acids is 1. The van der Waals surface area contributed by atoms with Crippen LogP contribution in [0.15, 0.2) is 11.8 Å². The molecule has 0 atom stereocenters. The number of carbonyl (C=O) groups is 1. The Labute approximate surface area is 111 Å². The predicted octanol–water partition coefficient (Wildman–Crippen LogP) is 4.07. The summed E-state index contributed by atoms with van der Waals surface area (Å²) < 4.78 is 0. The van der Waals surface area contributed by atoms with E-state index in [2.05, 4.69) is 13.0 Å². The number of thioether (sulfide) groups is 1. The van der Waals surface area contributed by atoms with Crippen molar-refractivity contribution in [1.82, 2.24) is 4.90 Å². The summed E-state index contributed by atoms with van der Waals surface area (Å²) in [5, 5.41) is 0.200. The molecular weight excluding hydrogens is 230 g/mol. The summed E-state index contributed by atoms with van der Waals surface area (Å²) in [4.78, 5) is 13.7. The first-order valence-electron chi connectivity index (χ1n) is 6.68. The molecule has 0 aliphatic carbocycles. The minimum Gasteiger partial charge on any atom is -0.374 e. The lowest BCUT2D eigenvalue weighted by atomic mass is 10.1. The van der Waals surface area contributed by atoms with Gasteiger partial charge >= 0.3 is 0 Å². The Morgan fingerprint density at radius 1 is 1.12 bits per heavy atom. The van der Waals surface area contributed by atoms with Gasteiger partial charge in [0.15, 0.2) is 0 Å². The predicted molar refractivity (Wildman–Crippen MR) is 78.3 cm³/mol. The first-order chi connectivity index (χ1) is 8.13. The van der Waals surface area contributed by atoms with Crippen LogP contribution in [0.2, 0.25) is 0 Å². The second-order valence-electron chi connectivity index (χ2n) is 4.41. The van der Waals surface area contributed by atoms with E-state index in [9.17, 15) is 4.79 Å². The maximum Gasteiger partial charge on any atom is 0.235 e. The van der Waals surface area contributed by atoms with Gasteiger partial charge in [0.2, 0.25) is 5.12 Å². The number of allylic oxidation sites excluding steroid dienone is 1. The largest absolute Gasteiger partial charge is 0.374 e. The van der Waals surface area contributed by atoms with Gasteiger partial charge < -0.3 is 4.90 Å². The summed E-state index contributed by atoms with van der Waals surface area (Å²) in [6.45, 7) is 4.24. The average Bonchev–Trinajstić information content (AvgIpc) is 2.27. The van der Waals surface area contributed by atoms with E-state index >= 15 is 0 Å². The number of nitrogens with zero attached hydrogens (tertiary/aromatic N) is 1. The lowest BCUT2D eigenvalue weighted by molar-refractivity contribution is -0.109. The zero-order valence-electron chi connectivity index (χ0n) is 11.8. The van der Waals surface area contributed by atoms with E-state index in [1.807, 2.05) is 25.9 Å². The normalized spacial score (nSPS) is 11.6. The molecule has 17 heavy (non-hydrogen) atoms. The van der Waals surface area contributed by atoms with Gasteiger partial charge in [0, 0.05) is 14.1 Å². The van der Waals surface area contributed by atoms with Crippen molar-refractivity contribution in [3.05, 3.63) is 11.8 Å². The zero-order valence-corrected chi connectivity index (χ0v) is 12.6. The fourth-order valence-corrected chi connectivity index (χ4v) is 2.32. The van der Waals surface area contributed by atoms with Crippen LogP contribution in [0.4, 0.5) is 0 Å². The monoisotopic (exact) mass is 257 g/mol. The molecule has 0 aromatic rings. The Balaban J connectivity index is 4.00. The summed E-state index contributed by atoms with van der Waals surface area (Å²) in [5.74, 6) is 0.848. The van der Waals surface area contributed by atoms with E-state index in [0.717, 1.165) is 17.9 Å². The van der Waals surface area contributed by atoms with Gasteiger partial charge in [0.05, 0.1) is 5.70 Å². The zero-order chi connectivity index (χ0) is 13.1. The van der Waals surface area contributed by atoms with Gasteiger partial charge in [-0.25, -0.2) is 0 Å². The van der Waals surface area contributed by atoms with Crippen LogP contribution >= 0.6 is 11.8 Å². The molecule has 0 unspecified atom stereocenters. The first kappa shape index (κ1) is 16.6. The van der Waals surface area contributed by atoms with Crippen LogP contribution in [0, 0.1) is 0 Å². The molecular formula is C14H27NOS. The van der Waals surface area contributed by atoms with E-state index in [1.165, 1.54) is 43.9 Å². The lowest BCUT2D eigenvalue weighted by Crippen LogP contribution is -2.17. The van der Waals surface area contributed by atoms with Gasteiger partial charge in [-0.05, 0) is 18.6 Å². The second kappa shape index (κ2) is 10.7. The summed E-state index contributed by atoms with van der Waals surface area (Å²) in [6, 6.07) is 0. The fraction of sp³-hybridized carbons (Fsp3) is 0.786. The minimum atomic E-state index is 0.200. The van der Waals surface area contributed by atoms with Gasteiger partial charge in [-0.15, -0.1) is 0 Å². The number of hydrogen-bond acceptors (Lipinski definition) is 3. The van der Waals surface area contributed by atoms with Gasteiger partial charge in [0.25, 0.3) is 0 Å². The van der Waals surface area contributed by atoms with Crippen LogP contribution in [-0.2, 0) is 4.79 Å². The van der Waals surface area contributed by atoms with Crippen molar-refractivity contribution in [2.75, 3.05) is 19.8 Å². The van der Waals surface area contributed by atoms with Gasteiger partial charge in [0.1, 0.15) is 0 Å². The quantitative estimate of drug-likeness (QED) is 0.459. The van der Waals surface area contributed by atoms with Crippen molar-refractivity contribution in [2.45, 2.75) is 52.4 Å². The lowest BCUT2D eigenvalue weighted by Gasteiger charge is -2.15. The van der Waals surface area contributed by atoms with E-state index in [1.54, 1.807) is 0 Å². The van der Waals surface area contributed by atoms with E-state index < -0.39 is 0 Å². The molecule has 0 rings (SSSR count). The highest BCUT2D eigenvalue weighted by Crippen LogP contribution is 2.14. The summed E-state index contributed by atoms with van der Waals surface area (Å²) in [6.07, 6.45) is 9.52. The Hall–Kier alpha value is -0.440. The van der Waals surface area contributed by atoms with E-state index in [0.29, 0.717) is 0 Å². The Kier molecular flexibility index (Phi) is 10.4. The van der Waals surface area contributed by atoms with Gasteiger partial charge in [-0.1, -0.05) is 57.4 Å². The van der Waals surface area contributed by atoms with Gasteiger partial charge in [-0.2, -0.15) is 0 Å². The third-order valence-electron chi connectivity index (χ3n) is 2.61. The number of hydrogen-bond donors (Lipinski definition) is 0. The molecule has 0 saturated heterocycles. The van der Waals surface area contributed by atoms with Crippen LogP contribution in [-0.4, -0.2) is 29.9 Å². The average molecular weight is 257 g/mol. The molecule has 2 nitrogen and oxygen atoms in total. The SMILES string of the molecule is CCCCCCC/C=C(\C(=O)SCC)N(C)C. The molecule has 0 aromatic heterocycles. The third kappa shape index (κ3) is 8.31. The summed E-state index contributed by atoms with van der Waals surface area (Å²) in [7, 11) is 3.88. The Morgan fingerprint density at radius 2 is 1.76 bits per heavy atom. The van der Waals surface area contributed by atoms with Crippen molar-refractivity contribution in [3.63, 3.8) is 0 Å². The number of unbranched alkanes of at least 4 members (excludes halogenated alkanes) is 5. The molecule has 0 radical (unpaired) electrons. The standard InChI is InChI=1S/C14H27NOS/c1-5-7-8-9-10-11-12-13(15(3)4)14(16)17-6-2/h12H,5-11H2,1-4H3/b13-12+. The van der Waals surface area contributed by atoms with E-state index in [-0.39, 0.29) is 5.12 Å². The maximum atomic E-state index is 11.8. The van der Waals surface area contributed by atoms with Crippen LogP contribution in [0.1, 0.15) is 52.4 Å². The van der Waals surface area contributed by atoms with Crippen molar-refractivity contribution < 1.29 is 4.79 Å². The van der Waals surface area contributed by atoms with Crippen molar-refractivity contribution in [2.24, 2.45) is 0 Å². The smallest absolute Gasteiger partial charge is 0.235 e. The minimum absolute atomic E-state index is 0.200. The molecule has 3 heteroatoms. The fourth-order valence-electron chi connectivity index (χ4n) is 1.64. The van der Waals surface area contributed by atoms with Crippen LogP contribution in [0.5, 0.6) is 0 Å². The third-order valence-corrected chi connectivity index (χ3v) is 3.37. The Bertz CT molecular complexity index is 236. The highest BCUT2D eigenvalue weighted by Gasteiger charge is 2.10. The van der Waals surface area contributed by atoms with Crippen molar-refractivity contribution >= 4 is 16.9 Å². The van der Waals surface area contributed by atoms with Gasteiger partial charge in [-0.3, -0.25) is 4.79 Å². The molecule has 0 N–H and O–H groups in total. The molecule has 0 aliphatic rings. The molecule has 0 fully saturated rings. The van der Waals surface area contributed by atoms with Crippen LogP contribution in [0.3, 0.4) is 0 Å². The Morgan fingerprint density at radius 3 is 2.29 bits per heavy atom. The van der Waals surface area contributed by atoms with Crippen LogP contribution < -0.4 is 0 Å². The number of likely N-dealkylation sites (N-methyl/N-ethyl adjacent to an activating group) is 1. The molecule has 0 aromatic carbocycles. The molecule has 0 heterocycles. The summed E-state index contributed by atoms with van der Waals surface area (Å²) >= 11 is 1.39. The number of rotatable bonds is 9. The molecule has 0 saturated carbocycles. The second-order valence-corrected chi connectivity index (χ2v) is 5.64. The molecule has 0 amide bonds. The summed E-state index contributed by atoms with van der Waals surface area (Å²) in [5.41, 5.74) is 0.854. The molecule has 0 aliphatic heterocycles. The topological polar surface area (TPSA) is 20.3 Å². The molecule has 0 bridgehead atoms. The highest BCUT2D eigenvalue weighted by atomic mass is 32.2.